The molecule has 4 nitrogen and oxygen atoms in total. The highest BCUT2D eigenvalue weighted by Gasteiger charge is 2.17. The Hall–Kier alpha value is -1.20. The van der Waals surface area contributed by atoms with Gasteiger partial charge in [0.2, 0.25) is 0 Å². The van der Waals surface area contributed by atoms with E-state index in [0.717, 1.165) is 16.0 Å². The van der Waals surface area contributed by atoms with Gasteiger partial charge in [0.05, 0.1) is 18.0 Å². The Balaban J connectivity index is 2.44. The first kappa shape index (κ1) is 13.2. The predicted molar refractivity (Wildman–Crippen MR) is 76.2 cm³/mol. The lowest BCUT2D eigenvalue weighted by molar-refractivity contribution is 0.249. The van der Waals surface area contributed by atoms with Crippen molar-refractivity contribution in [3.8, 4) is 0 Å². The Bertz CT molecular complexity index is 550. The smallest absolute Gasteiger partial charge is 0.138 e. The fourth-order valence-corrected chi connectivity index (χ4v) is 2.89. The Kier molecular flexibility index (Phi) is 3.82. The van der Waals surface area contributed by atoms with E-state index >= 15 is 0 Å². The number of thiophene rings is 1. The Morgan fingerprint density at radius 1 is 1.33 bits per heavy atom. The fraction of sp³-hybridized carbons (Fsp3) is 0.538. The SMILES string of the molecule is Cc1sc2ncnc(NC(CO)C(C)C)c2c1C. The number of nitrogens with zero attached hydrogens (tertiary/aromatic N) is 2. The molecule has 0 aliphatic heterocycles. The molecule has 0 amide bonds. The summed E-state index contributed by atoms with van der Waals surface area (Å²) in [5.74, 6) is 1.18. The van der Waals surface area contributed by atoms with Crippen LogP contribution in [0.2, 0.25) is 0 Å². The minimum atomic E-state index is 0.0164. The molecule has 0 bridgehead atoms. The second kappa shape index (κ2) is 5.20. The van der Waals surface area contributed by atoms with Crippen molar-refractivity contribution in [1.82, 2.24) is 9.97 Å². The minimum absolute atomic E-state index is 0.0164. The quantitative estimate of drug-likeness (QED) is 0.892. The van der Waals surface area contributed by atoms with Crippen molar-refractivity contribution < 1.29 is 5.11 Å². The van der Waals surface area contributed by atoms with Crippen molar-refractivity contribution >= 4 is 27.4 Å². The molecule has 5 heteroatoms. The summed E-state index contributed by atoms with van der Waals surface area (Å²) in [6.07, 6.45) is 1.58. The molecular weight excluding hydrogens is 246 g/mol. The van der Waals surface area contributed by atoms with Gasteiger partial charge >= 0.3 is 0 Å². The first-order valence-electron chi connectivity index (χ1n) is 6.12. The van der Waals surface area contributed by atoms with Crippen LogP contribution in [0, 0.1) is 19.8 Å². The minimum Gasteiger partial charge on any atom is -0.394 e. The molecule has 2 N–H and O–H groups in total. The molecule has 0 aliphatic carbocycles. The van der Waals surface area contributed by atoms with Crippen molar-refractivity contribution in [2.75, 3.05) is 11.9 Å². The van der Waals surface area contributed by atoms with Gasteiger partial charge in [-0.05, 0) is 25.3 Å². The summed E-state index contributed by atoms with van der Waals surface area (Å²) in [6.45, 7) is 8.45. The number of hydrogen-bond donors (Lipinski definition) is 2. The molecule has 2 rings (SSSR count). The Labute approximate surface area is 111 Å². The van der Waals surface area contributed by atoms with Crippen molar-refractivity contribution in [2.45, 2.75) is 33.7 Å². The van der Waals surface area contributed by atoms with E-state index in [4.69, 9.17) is 0 Å². The second-order valence-electron chi connectivity index (χ2n) is 4.86. The summed E-state index contributed by atoms with van der Waals surface area (Å²) in [7, 11) is 0. The number of aliphatic hydroxyl groups is 1. The van der Waals surface area contributed by atoms with E-state index in [2.05, 4.69) is 43.0 Å². The topological polar surface area (TPSA) is 58.0 Å². The maximum atomic E-state index is 9.40. The largest absolute Gasteiger partial charge is 0.394 e. The molecule has 0 saturated heterocycles. The Morgan fingerprint density at radius 2 is 2.06 bits per heavy atom. The highest BCUT2D eigenvalue weighted by molar-refractivity contribution is 7.18. The van der Waals surface area contributed by atoms with Gasteiger partial charge in [0.1, 0.15) is 17.0 Å². The maximum absolute atomic E-state index is 9.40. The van der Waals surface area contributed by atoms with Crippen LogP contribution in [-0.2, 0) is 0 Å². The standard InChI is InChI=1S/C13H19N3OS/c1-7(2)10(5-17)16-12-11-8(3)9(4)18-13(11)15-6-14-12/h6-7,10,17H,5H2,1-4H3,(H,14,15,16). The van der Waals surface area contributed by atoms with Gasteiger partial charge in [0.25, 0.3) is 0 Å². The lowest BCUT2D eigenvalue weighted by Crippen LogP contribution is -2.29. The number of rotatable bonds is 4. The summed E-state index contributed by atoms with van der Waals surface area (Å²) < 4.78 is 0. The molecule has 1 atom stereocenters. The monoisotopic (exact) mass is 265 g/mol. The van der Waals surface area contributed by atoms with Crippen LogP contribution in [-0.4, -0.2) is 27.7 Å². The Morgan fingerprint density at radius 3 is 2.67 bits per heavy atom. The van der Waals surface area contributed by atoms with Crippen LogP contribution >= 0.6 is 11.3 Å². The predicted octanol–water partition coefficient (Wildman–Crippen LogP) is 2.74. The van der Waals surface area contributed by atoms with Gasteiger partial charge in [0, 0.05) is 4.88 Å². The molecule has 0 aromatic carbocycles. The fourth-order valence-electron chi connectivity index (χ4n) is 1.89. The van der Waals surface area contributed by atoms with E-state index in [9.17, 15) is 5.11 Å². The molecule has 2 aromatic heterocycles. The zero-order valence-electron chi connectivity index (χ0n) is 11.2. The van der Waals surface area contributed by atoms with E-state index < -0.39 is 0 Å². The molecule has 98 valence electrons. The first-order chi connectivity index (χ1) is 8.54. The molecule has 2 aromatic rings. The summed E-state index contributed by atoms with van der Waals surface area (Å²) in [5.41, 5.74) is 1.22. The highest BCUT2D eigenvalue weighted by Crippen LogP contribution is 2.32. The van der Waals surface area contributed by atoms with Crippen LogP contribution in [0.1, 0.15) is 24.3 Å². The summed E-state index contributed by atoms with van der Waals surface area (Å²) >= 11 is 1.68. The van der Waals surface area contributed by atoms with Crippen LogP contribution in [0.25, 0.3) is 10.2 Å². The van der Waals surface area contributed by atoms with E-state index in [1.807, 2.05) is 0 Å². The normalized spacial score (nSPS) is 13.2. The second-order valence-corrected chi connectivity index (χ2v) is 6.07. The number of nitrogens with one attached hydrogen (secondary N) is 1. The third-order valence-electron chi connectivity index (χ3n) is 3.29. The zero-order chi connectivity index (χ0) is 13.3. The molecule has 0 aliphatic rings. The van der Waals surface area contributed by atoms with Crippen molar-refractivity contribution in [1.29, 1.82) is 0 Å². The number of anilines is 1. The molecule has 0 radical (unpaired) electrons. The molecule has 0 spiro atoms. The van der Waals surface area contributed by atoms with Crippen LogP contribution in [0.4, 0.5) is 5.82 Å². The maximum Gasteiger partial charge on any atom is 0.138 e. The average molecular weight is 265 g/mol. The lowest BCUT2D eigenvalue weighted by Gasteiger charge is -2.20. The van der Waals surface area contributed by atoms with E-state index in [0.29, 0.717) is 5.92 Å². The van der Waals surface area contributed by atoms with Gasteiger partial charge in [-0.2, -0.15) is 0 Å². The van der Waals surface area contributed by atoms with Crippen LogP contribution in [0.15, 0.2) is 6.33 Å². The van der Waals surface area contributed by atoms with Crippen LogP contribution in [0.3, 0.4) is 0 Å². The highest BCUT2D eigenvalue weighted by atomic mass is 32.1. The number of hydrogen-bond acceptors (Lipinski definition) is 5. The summed E-state index contributed by atoms with van der Waals surface area (Å²) in [5, 5.41) is 13.8. The van der Waals surface area contributed by atoms with Crippen LogP contribution < -0.4 is 5.32 Å². The third-order valence-corrected chi connectivity index (χ3v) is 4.40. The van der Waals surface area contributed by atoms with E-state index in [1.54, 1.807) is 17.7 Å². The molecular formula is C13H19N3OS. The van der Waals surface area contributed by atoms with Gasteiger partial charge in [-0.15, -0.1) is 11.3 Å². The number of aromatic nitrogens is 2. The molecule has 18 heavy (non-hydrogen) atoms. The van der Waals surface area contributed by atoms with Gasteiger partial charge in [0.15, 0.2) is 0 Å². The van der Waals surface area contributed by atoms with Crippen LogP contribution in [0.5, 0.6) is 0 Å². The van der Waals surface area contributed by atoms with E-state index in [-0.39, 0.29) is 12.6 Å². The van der Waals surface area contributed by atoms with Crippen molar-refractivity contribution in [2.24, 2.45) is 5.92 Å². The summed E-state index contributed by atoms with van der Waals surface area (Å²) in [4.78, 5) is 10.9. The molecule has 1 unspecified atom stereocenters. The van der Waals surface area contributed by atoms with Gasteiger partial charge in [-0.3, -0.25) is 0 Å². The third kappa shape index (κ3) is 2.33. The molecule has 2 heterocycles. The van der Waals surface area contributed by atoms with Gasteiger partial charge in [-0.1, -0.05) is 13.8 Å². The van der Waals surface area contributed by atoms with Gasteiger partial charge in [-0.25, -0.2) is 9.97 Å². The number of fused-ring (bicyclic) bond motifs is 1. The molecule has 0 fully saturated rings. The number of aryl methyl sites for hydroxylation is 2. The zero-order valence-corrected chi connectivity index (χ0v) is 12.0. The number of aliphatic hydroxyl groups excluding tert-OH is 1. The van der Waals surface area contributed by atoms with Crippen molar-refractivity contribution in [3.63, 3.8) is 0 Å². The summed E-state index contributed by atoms with van der Waals surface area (Å²) in [6, 6.07) is 0.0164. The molecule has 0 saturated carbocycles. The average Bonchev–Trinajstić information content (AvgIpc) is 2.62. The van der Waals surface area contributed by atoms with Crippen molar-refractivity contribution in [3.05, 3.63) is 16.8 Å². The van der Waals surface area contributed by atoms with E-state index in [1.165, 1.54) is 10.4 Å². The van der Waals surface area contributed by atoms with Gasteiger partial charge < -0.3 is 10.4 Å². The lowest BCUT2D eigenvalue weighted by atomic mass is 10.1. The first-order valence-corrected chi connectivity index (χ1v) is 6.94.